The fourth-order valence-corrected chi connectivity index (χ4v) is 3.86. The van der Waals surface area contributed by atoms with Gasteiger partial charge in [-0.05, 0) is 25.3 Å². The summed E-state index contributed by atoms with van der Waals surface area (Å²) in [6, 6.07) is 3.87. The number of fused-ring (bicyclic) bond motifs is 4. The molecule has 21 heavy (non-hydrogen) atoms. The van der Waals surface area contributed by atoms with Gasteiger partial charge in [0.1, 0.15) is 10.9 Å². The van der Waals surface area contributed by atoms with Crippen LogP contribution in [-0.2, 0) is 0 Å². The Morgan fingerprint density at radius 3 is 3.05 bits per heavy atom. The highest BCUT2D eigenvalue weighted by Gasteiger charge is 2.40. The highest BCUT2D eigenvalue weighted by molar-refractivity contribution is 7.11. The van der Waals surface area contributed by atoms with E-state index in [4.69, 9.17) is 5.26 Å². The first-order valence-corrected chi connectivity index (χ1v) is 7.79. The average molecular weight is 296 g/mol. The normalized spacial score (nSPS) is 22.7. The van der Waals surface area contributed by atoms with Gasteiger partial charge in [-0.25, -0.2) is 9.97 Å². The van der Waals surface area contributed by atoms with Crippen LogP contribution in [0, 0.1) is 17.2 Å². The Hall–Kier alpha value is -2.26. The van der Waals surface area contributed by atoms with E-state index in [1.807, 2.05) is 5.38 Å². The van der Waals surface area contributed by atoms with Crippen molar-refractivity contribution in [3.8, 4) is 6.07 Å². The Bertz CT molecular complexity index is 776. The van der Waals surface area contributed by atoms with Gasteiger partial charge in [-0.15, -0.1) is 11.3 Å². The van der Waals surface area contributed by atoms with Crippen LogP contribution in [0.3, 0.4) is 0 Å². The molecule has 104 valence electrons. The van der Waals surface area contributed by atoms with E-state index >= 15 is 0 Å². The van der Waals surface area contributed by atoms with Crippen molar-refractivity contribution >= 4 is 28.8 Å². The number of anilines is 2. The Labute approximate surface area is 125 Å². The summed E-state index contributed by atoms with van der Waals surface area (Å²) >= 11 is 1.38. The van der Waals surface area contributed by atoms with Gasteiger partial charge in [0, 0.05) is 23.4 Å². The van der Waals surface area contributed by atoms with E-state index < -0.39 is 0 Å². The van der Waals surface area contributed by atoms with Crippen molar-refractivity contribution in [2.45, 2.75) is 25.2 Å². The molecule has 0 amide bonds. The summed E-state index contributed by atoms with van der Waals surface area (Å²) < 4.78 is 0. The molecular weight excluding hydrogens is 284 g/mol. The molecule has 2 atom stereocenters. The van der Waals surface area contributed by atoms with Crippen molar-refractivity contribution in [1.29, 1.82) is 5.26 Å². The molecule has 1 saturated carbocycles. The summed E-state index contributed by atoms with van der Waals surface area (Å²) in [5.41, 5.74) is 2.40. The maximum absolute atomic E-state index is 12.3. The quantitative estimate of drug-likeness (QED) is 0.920. The third kappa shape index (κ3) is 2.01. The molecule has 5 nitrogen and oxygen atoms in total. The fourth-order valence-electron chi connectivity index (χ4n) is 3.23. The summed E-state index contributed by atoms with van der Waals surface area (Å²) in [6.07, 6.45) is 4.59. The minimum absolute atomic E-state index is 0.181. The summed E-state index contributed by atoms with van der Waals surface area (Å²) in [6.45, 7) is 0. The van der Waals surface area contributed by atoms with E-state index in [2.05, 4.69) is 21.4 Å². The van der Waals surface area contributed by atoms with E-state index in [1.165, 1.54) is 11.3 Å². The maximum Gasteiger partial charge on any atom is 0.227 e. The Morgan fingerprint density at radius 1 is 1.38 bits per heavy atom. The van der Waals surface area contributed by atoms with Crippen LogP contribution < -0.4 is 5.32 Å². The lowest BCUT2D eigenvalue weighted by Gasteiger charge is -2.20. The van der Waals surface area contributed by atoms with Gasteiger partial charge in [-0.1, -0.05) is 0 Å². The van der Waals surface area contributed by atoms with Crippen LogP contribution >= 0.6 is 11.3 Å². The molecule has 2 heterocycles. The molecule has 2 aliphatic carbocycles. The number of nitrogens with zero attached hydrogens (tertiary/aromatic N) is 3. The number of Topliss-reactive ketones (excluding diaryl/α,β-unsaturated/α-hetero) is 1. The molecule has 0 spiro atoms. The second kappa shape index (κ2) is 4.64. The predicted molar refractivity (Wildman–Crippen MR) is 78.8 cm³/mol. The summed E-state index contributed by atoms with van der Waals surface area (Å²) in [7, 11) is 0. The van der Waals surface area contributed by atoms with Gasteiger partial charge in [0.05, 0.1) is 16.9 Å². The molecule has 0 aromatic carbocycles. The number of carbonyl (C=O) groups excluding carboxylic acids is 1. The van der Waals surface area contributed by atoms with Crippen molar-refractivity contribution in [2.24, 2.45) is 5.92 Å². The van der Waals surface area contributed by atoms with Gasteiger partial charge in [0.2, 0.25) is 5.95 Å². The number of ketones is 1. The number of nitriles is 1. The Balaban J connectivity index is 1.67. The average Bonchev–Trinajstić information content (AvgIpc) is 3.13. The lowest BCUT2D eigenvalue weighted by atomic mass is 9.86. The molecule has 1 N–H and O–H groups in total. The van der Waals surface area contributed by atoms with E-state index in [0.717, 1.165) is 30.6 Å². The van der Waals surface area contributed by atoms with Gasteiger partial charge in [0.15, 0.2) is 5.78 Å². The number of thiophene rings is 1. The first-order valence-electron chi connectivity index (χ1n) is 6.91. The van der Waals surface area contributed by atoms with Gasteiger partial charge in [0.25, 0.3) is 0 Å². The standard InChI is InChI=1S/C15H12N4OS/c16-5-11-4-10(7-21-11)18-15-17-6-12-13(19-15)8-1-2-9(3-8)14(12)20/h4,6-9H,1-3H2,(H,17,18,19). The monoisotopic (exact) mass is 296 g/mol. The van der Waals surface area contributed by atoms with Crippen molar-refractivity contribution in [1.82, 2.24) is 9.97 Å². The molecule has 1 fully saturated rings. The van der Waals surface area contributed by atoms with Crippen LogP contribution in [0.4, 0.5) is 11.6 Å². The molecular formula is C15H12N4OS. The van der Waals surface area contributed by atoms with Crippen molar-refractivity contribution in [3.05, 3.63) is 33.8 Å². The number of nitrogens with one attached hydrogen (secondary N) is 1. The highest BCUT2D eigenvalue weighted by atomic mass is 32.1. The molecule has 2 aromatic rings. The van der Waals surface area contributed by atoms with Crippen molar-refractivity contribution < 1.29 is 4.79 Å². The maximum atomic E-state index is 12.3. The van der Waals surface area contributed by atoms with E-state index in [0.29, 0.717) is 22.3 Å². The van der Waals surface area contributed by atoms with Gasteiger partial charge in [-0.3, -0.25) is 4.79 Å². The predicted octanol–water partition coefficient (Wildman–Crippen LogP) is 3.23. The van der Waals surface area contributed by atoms with Crippen LogP contribution in [-0.4, -0.2) is 15.8 Å². The minimum Gasteiger partial charge on any atom is -0.323 e. The van der Waals surface area contributed by atoms with Crippen molar-refractivity contribution in [3.63, 3.8) is 0 Å². The number of hydrogen-bond donors (Lipinski definition) is 1. The lowest BCUT2D eigenvalue weighted by molar-refractivity contribution is 0.0912. The summed E-state index contributed by atoms with van der Waals surface area (Å²) in [4.78, 5) is 21.7. The number of rotatable bonds is 2. The number of carbonyl (C=O) groups is 1. The molecule has 0 radical (unpaired) electrons. The zero-order chi connectivity index (χ0) is 14.4. The van der Waals surface area contributed by atoms with E-state index in [9.17, 15) is 4.79 Å². The smallest absolute Gasteiger partial charge is 0.227 e. The second-order valence-corrected chi connectivity index (χ2v) is 6.41. The minimum atomic E-state index is 0.181. The van der Waals surface area contributed by atoms with Gasteiger partial charge < -0.3 is 5.32 Å². The first kappa shape index (κ1) is 12.5. The number of hydrogen-bond acceptors (Lipinski definition) is 6. The number of aromatic nitrogens is 2. The Morgan fingerprint density at radius 2 is 2.24 bits per heavy atom. The van der Waals surface area contributed by atoms with Crippen LogP contribution in [0.25, 0.3) is 0 Å². The van der Waals surface area contributed by atoms with Crippen LogP contribution in [0.5, 0.6) is 0 Å². The lowest BCUT2D eigenvalue weighted by Crippen LogP contribution is -2.21. The molecule has 4 rings (SSSR count). The topological polar surface area (TPSA) is 78.7 Å². The van der Waals surface area contributed by atoms with Crippen LogP contribution in [0.1, 0.15) is 46.1 Å². The SMILES string of the molecule is N#Cc1cc(Nc2ncc3c(n2)C2CCC(C2)C3=O)cs1. The second-order valence-electron chi connectivity index (χ2n) is 5.50. The molecule has 0 saturated heterocycles. The zero-order valence-electron chi connectivity index (χ0n) is 11.2. The fraction of sp³-hybridized carbons (Fsp3) is 0.333. The van der Waals surface area contributed by atoms with Crippen LogP contribution in [0.2, 0.25) is 0 Å². The Kier molecular flexibility index (Phi) is 2.76. The molecule has 2 unspecified atom stereocenters. The molecule has 2 aliphatic rings. The largest absolute Gasteiger partial charge is 0.323 e. The van der Waals surface area contributed by atoms with E-state index in [1.54, 1.807) is 12.3 Å². The van der Waals surface area contributed by atoms with Gasteiger partial charge >= 0.3 is 0 Å². The molecule has 2 aromatic heterocycles. The highest BCUT2D eigenvalue weighted by Crippen LogP contribution is 2.45. The summed E-state index contributed by atoms with van der Waals surface area (Å²) in [5, 5.41) is 13.8. The van der Waals surface area contributed by atoms with Crippen molar-refractivity contribution in [2.75, 3.05) is 5.32 Å². The molecule has 2 bridgehead atoms. The summed E-state index contributed by atoms with van der Waals surface area (Å²) in [5.74, 6) is 1.27. The van der Waals surface area contributed by atoms with Gasteiger partial charge in [-0.2, -0.15) is 5.26 Å². The molecule has 6 heteroatoms. The zero-order valence-corrected chi connectivity index (χ0v) is 12.0. The third-order valence-electron chi connectivity index (χ3n) is 4.24. The molecule has 0 aliphatic heterocycles. The first-order chi connectivity index (χ1) is 10.2. The third-order valence-corrected chi connectivity index (χ3v) is 5.07. The van der Waals surface area contributed by atoms with Crippen LogP contribution in [0.15, 0.2) is 17.6 Å². The van der Waals surface area contributed by atoms with E-state index in [-0.39, 0.29) is 11.7 Å².